The van der Waals surface area contributed by atoms with Gasteiger partial charge in [0.1, 0.15) is 12.4 Å². The van der Waals surface area contributed by atoms with Gasteiger partial charge in [-0.15, -0.1) is 0 Å². The highest BCUT2D eigenvalue weighted by atomic mass is 19.1. The zero-order valence-corrected chi connectivity index (χ0v) is 12.9. The molecule has 0 aliphatic carbocycles. The van der Waals surface area contributed by atoms with Crippen LogP contribution in [0.25, 0.3) is 0 Å². The Balaban J connectivity index is 1.65. The maximum atomic E-state index is 13.8. The molecule has 1 aromatic carbocycles. The molecular weight excluding hydrogens is 315 g/mol. The van der Waals surface area contributed by atoms with Gasteiger partial charge in [-0.2, -0.15) is 4.98 Å². The van der Waals surface area contributed by atoms with Gasteiger partial charge in [0, 0.05) is 13.1 Å². The van der Waals surface area contributed by atoms with Gasteiger partial charge in [0.05, 0.1) is 25.7 Å². The van der Waals surface area contributed by atoms with Crippen molar-refractivity contribution in [1.82, 2.24) is 14.9 Å². The van der Waals surface area contributed by atoms with E-state index in [-0.39, 0.29) is 24.2 Å². The first-order valence-corrected chi connectivity index (χ1v) is 7.50. The Labute approximate surface area is 138 Å². The first kappa shape index (κ1) is 16.1. The summed E-state index contributed by atoms with van der Waals surface area (Å²) in [6, 6.07) is 6.66. The molecule has 0 spiro atoms. The van der Waals surface area contributed by atoms with E-state index in [0.29, 0.717) is 26.3 Å². The second-order valence-electron chi connectivity index (χ2n) is 5.18. The van der Waals surface area contributed by atoms with Gasteiger partial charge in [0.2, 0.25) is 0 Å². The molecule has 2 heterocycles. The zero-order chi connectivity index (χ0) is 16.8. The summed E-state index contributed by atoms with van der Waals surface area (Å²) in [4.78, 5) is 13.7. The number of aromatic hydroxyl groups is 1. The second kappa shape index (κ2) is 7.69. The van der Waals surface area contributed by atoms with Gasteiger partial charge in [-0.1, -0.05) is 12.1 Å². The number of hydrogen-bond donors (Lipinski definition) is 1. The molecule has 0 amide bonds. The van der Waals surface area contributed by atoms with E-state index in [2.05, 4.69) is 15.0 Å². The number of phenols is 1. The predicted molar refractivity (Wildman–Crippen MR) is 85.0 cm³/mol. The number of rotatable bonds is 5. The number of ether oxygens (including phenoxy) is 2. The molecule has 0 saturated carbocycles. The van der Waals surface area contributed by atoms with Crippen molar-refractivity contribution in [2.75, 3.05) is 26.3 Å². The third-order valence-electron chi connectivity index (χ3n) is 3.37. The molecule has 0 radical (unpaired) electrons. The molecule has 1 aliphatic heterocycles. The van der Waals surface area contributed by atoms with Crippen LogP contribution in [0, 0.1) is 5.82 Å². The highest BCUT2D eigenvalue weighted by Gasteiger charge is 2.09. The average molecular weight is 332 g/mol. The minimum Gasteiger partial charge on any atom is -0.508 e. The molecule has 0 unspecified atom stereocenters. The fourth-order valence-corrected chi connectivity index (χ4v) is 2.13. The van der Waals surface area contributed by atoms with Crippen molar-refractivity contribution in [3.63, 3.8) is 0 Å². The van der Waals surface area contributed by atoms with E-state index in [0.717, 1.165) is 11.8 Å². The average Bonchev–Trinajstić information content (AvgIpc) is 2.61. The lowest BCUT2D eigenvalue weighted by Crippen LogP contribution is -2.35. The molecule has 0 atom stereocenters. The molecule has 1 fully saturated rings. The summed E-state index contributed by atoms with van der Waals surface area (Å²) in [6.45, 7) is 2.81. The normalized spacial score (nSPS) is 15.0. The van der Waals surface area contributed by atoms with Gasteiger partial charge in [0.25, 0.3) is 0 Å². The molecule has 2 aromatic rings. The van der Waals surface area contributed by atoms with Gasteiger partial charge in [-0.05, 0) is 17.7 Å². The fourth-order valence-electron chi connectivity index (χ4n) is 2.13. The largest absolute Gasteiger partial charge is 0.508 e. The second-order valence-corrected chi connectivity index (χ2v) is 5.18. The number of morpholine rings is 1. The van der Waals surface area contributed by atoms with E-state index < -0.39 is 5.82 Å². The molecule has 1 N–H and O–H groups in total. The first-order valence-electron chi connectivity index (χ1n) is 7.50. The van der Waals surface area contributed by atoms with Crippen LogP contribution in [0.15, 0.2) is 35.5 Å². The summed E-state index contributed by atoms with van der Waals surface area (Å²) >= 11 is 0. The molecule has 126 valence electrons. The van der Waals surface area contributed by atoms with Crippen LogP contribution in [-0.4, -0.2) is 52.6 Å². The Bertz CT molecular complexity index is 720. The van der Waals surface area contributed by atoms with E-state index in [1.807, 2.05) is 4.90 Å². The van der Waals surface area contributed by atoms with Crippen molar-refractivity contribution in [2.24, 2.45) is 4.99 Å². The number of halogens is 1. The van der Waals surface area contributed by atoms with Gasteiger partial charge in [-0.25, -0.2) is 14.4 Å². The zero-order valence-electron chi connectivity index (χ0n) is 12.9. The lowest BCUT2D eigenvalue weighted by atomic mass is 10.2. The van der Waals surface area contributed by atoms with Gasteiger partial charge < -0.3 is 19.5 Å². The van der Waals surface area contributed by atoms with Crippen LogP contribution in [0.5, 0.6) is 11.8 Å². The lowest BCUT2D eigenvalue weighted by molar-refractivity contribution is 0.0701. The molecule has 3 rings (SSSR count). The molecule has 8 heteroatoms. The third kappa shape index (κ3) is 4.39. The molecular formula is C16H17FN4O3. The Morgan fingerprint density at radius 3 is 3.00 bits per heavy atom. The Kier molecular flexibility index (Phi) is 5.17. The van der Waals surface area contributed by atoms with E-state index in [1.54, 1.807) is 30.6 Å². The van der Waals surface area contributed by atoms with Crippen LogP contribution >= 0.6 is 0 Å². The highest BCUT2D eigenvalue weighted by Crippen LogP contribution is 2.18. The maximum absolute atomic E-state index is 13.8. The Morgan fingerprint density at radius 1 is 1.38 bits per heavy atom. The van der Waals surface area contributed by atoms with Gasteiger partial charge >= 0.3 is 6.01 Å². The van der Waals surface area contributed by atoms with Gasteiger partial charge in [0.15, 0.2) is 11.6 Å². The first-order chi connectivity index (χ1) is 11.7. The molecule has 24 heavy (non-hydrogen) atoms. The standard InChI is InChI=1S/C16H17FN4O3/c17-14-9-18-16(24-10-12-2-1-3-13(22)8-12)20-15(14)19-11-21-4-6-23-7-5-21/h1-3,8-9,11,22H,4-7,10H2. The minimum atomic E-state index is -0.621. The van der Waals surface area contributed by atoms with E-state index in [4.69, 9.17) is 9.47 Å². The molecule has 1 aliphatic rings. The van der Waals surface area contributed by atoms with Crippen LogP contribution in [-0.2, 0) is 11.3 Å². The lowest BCUT2D eigenvalue weighted by Gasteiger charge is -2.23. The molecule has 1 saturated heterocycles. The van der Waals surface area contributed by atoms with Crippen molar-refractivity contribution in [2.45, 2.75) is 6.61 Å². The maximum Gasteiger partial charge on any atom is 0.318 e. The number of hydrogen-bond acceptors (Lipinski definition) is 6. The van der Waals surface area contributed by atoms with Crippen molar-refractivity contribution < 1.29 is 19.0 Å². The van der Waals surface area contributed by atoms with Gasteiger partial charge in [-0.3, -0.25) is 0 Å². The van der Waals surface area contributed by atoms with Crippen molar-refractivity contribution in [3.8, 4) is 11.8 Å². The van der Waals surface area contributed by atoms with Crippen LogP contribution in [0.3, 0.4) is 0 Å². The molecule has 0 bridgehead atoms. The number of benzene rings is 1. The number of phenolic OH excluding ortho intramolecular Hbond substituents is 1. The summed E-state index contributed by atoms with van der Waals surface area (Å²) in [5.74, 6) is -0.557. The highest BCUT2D eigenvalue weighted by molar-refractivity contribution is 5.60. The van der Waals surface area contributed by atoms with Crippen LogP contribution < -0.4 is 4.74 Å². The fraction of sp³-hybridized carbons (Fsp3) is 0.312. The van der Waals surface area contributed by atoms with E-state index >= 15 is 0 Å². The van der Waals surface area contributed by atoms with Crippen molar-refractivity contribution in [3.05, 3.63) is 41.8 Å². The summed E-state index contributed by atoms with van der Waals surface area (Å²) in [6.07, 6.45) is 2.57. The summed E-state index contributed by atoms with van der Waals surface area (Å²) in [5.41, 5.74) is 0.751. The smallest absolute Gasteiger partial charge is 0.318 e. The summed E-state index contributed by atoms with van der Waals surface area (Å²) < 4.78 is 24.4. The quantitative estimate of drug-likeness (QED) is 0.665. The van der Waals surface area contributed by atoms with Crippen molar-refractivity contribution >= 4 is 12.2 Å². The molecule has 1 aromatic heterocycles. The third-order valence-corrected chi connectivity index (χ3v) is 3.37. The topological polar surface area (TPSA) is 80.1 Å². The predicted octanol–water partition coefficient (Wildman–Crippen LogP) is 1.89. The minimum absolute atomic E-state index is 0.0221. The van der Waals surface area contributed by atoms with E-state index in [1.165, 1.54) is 0 Å². The summed E-state index contributed by atoms with van der Waals surface area (Å²) in [7, 11) is 0. The molecule has 7 nitrogen and oxygen atoms in total. The Hall–Kier alpha value is -2.74. The van der Waals surface area contributed by atoms with Crippen molar-refractivity contribution in [1.29, 1.82) is 0 Å². The summed E-state index contributed by atoms with van der Waals surface area (Å²) in [5, 5.41) is 9.42. The van der Waals surface area contributed by atoms with Crippen LogP contribution in [0.4, 0.5) is 10.2 Å². The number of nitrogens with zero attached hydrogens (tertiary/aromatic N) is 4. The number of aliphatic imine (C=N–C) groups is 1. The van der Waals surface area contributed by atoms with Crippen LogP contribution in [0.2, 0.25) is 0 Å². The van der Waals surface area contributed by atoms with Crippen LogP contribution in [0.1, 0.15) is 5.56 Å². The monoisotopic (exact) mass is 332 g/mol. The SMILES string of the molecule is Oc1cccc(COc2ncc(F)c(N=CN3CCOCC3)n2)c1. The van der Waals surface area contributed by atoms with E-state index in [9.17, 15) is 9.50 Å². The number of aromatic nitrogens is 2. The Morgan fingerprint density at radius 2 is 2.21 bits per heavy atom.